The summed E-state index contributed by atoms with van der Waals surface area (Å²) >= 11 is 0. The molecule has 0 fully saturated rings. The highest BCUT2D eigenvalue weighted by molar-refractivity contribution is 5.44. The van der Waals surface area contributed by atoms with Gasteiger partial charge in [0.1, 0.15) is 12.2 Å². The first kappa shape index (κ1) is 12.5. The number of nitrogens with one attached hydrogen (secondary N) is 1. The molecule has 0 saturated heterocycles. The molecular weight excluding hydrogens is 202 g/mol. The van der Waals surface area contributed by atoms with E-state index in [0.717, 1.165) is 12.1 Å². The van der Waals surface area contributed by atoms with Gasteiger partial charge in [-0.15, -0.1) is 5.43 Å². The minimum atomic E-state index is 0.414. The second kappa shape index (κ2) is 6.10. The van der Waals surface area contributed by atoms with Crippen LogP contribution in [0, 0.1) is 5.21 Å². The zero-order valence-electron chi connectivity index (χ0n) is 10.1. The van der Waals surface area contributed by atoms with Gasteiger partial charge in [0.05, 0.1) is 5.22 Å². The molecular formula is C12H19N3O. The van der Waals surface area contributed by atoms with Crippen molar-refractivity contribution in [2.75, 3.05) is 12.0 Å². The minimum Gasteiger partial charge on any atom is -0.696 e. The largest absolute Gasteiger partial charge is 0.696 e. The van der Waals surface area contributed by atoms with Crippen LogP contribution in [-0.4, -0.2) is 11.4 Å². The highest BCUT2D eigenvalue weighted by Gasteiger charge is 2.00. The van der Waals surface area contributed by atoms with Crippen LogP contribution in [0.2, 0.25) is 0 Å². The Morgan fingerprint density at radius 2 is 1.94 bits per heavy atom. The van der Waals surface area contributed by atoms with E-state index >= 15 is 0 Å². The molecule has 0 bridgehead atoms. The van der Waals surface area contributed by atoms with Crippen molar-refractivity contribution < 1.29 is 4.86 Å². The predicted octanol–water partition coefficient (Wildman–Crippen LogP) is 3.51. The Kier molecular flexibility index (Phi) is 4.76. The number of hydrogen-bond acceptors (Lipinski definition) is 2. The Morgan fingerprint density at radius 3 is 2.44 bits per heavy atom. The maximum Gasteiger partial charge on any atom is 0.146 e. The molecule has 0 aliphatic heterocycles. The van der Waals surface area contributed by atoms with Gasteiger partial charge in [-0.3, -0.25) is 0 Å². The van der Waals surface area contributed by atoms with E-state index in [9.17, 15) is 5.21 Å². The van der Waals surface area contributed by atoms with Crippen molar-refractivity contribution in [1.29, 1.82) is 0 Å². The molecule has 0 aliphatic rings. The van der Waals surface area contributed by atoms with E-state index in [4.69, 9.17) is 0 Å². The summed E-state index contributed by atoms with van der Waals surface area (Å²) in [5.41, 5.74) is 4.84. The highest BCUT2D eigenvalue weighted by Crippen LogP contribution is 2.16. The molecule has 0 atom stereocenters. The minimum absolute atomic E-state index is 0.414. The lowest BCUT2D eigenvalue weighted by Crippen LogP contribution is -2.04. The summed E-state index contributed by atoms with van der Waals surface area (Å²) < 4.78 is 0. The molecule has 0 saturated carbocycles. The topological polar surface area (TPSA) is 50.5 Å². The standard InChI is InChI=1S/C12H19N3O/c1-4-9-15(16)14-13-12-7-5-11(6-8-12)10(2)3/h5-8,10,13H,4,9H2,1-3H3/b15-14-. The molecule has 0 spiro atoms. The highest BCUT2D eigenvalue weighted by atomic mass is 16.5. The first-order valence-electron chi connectivity index (χ1n) is 5.64. The first-order valence-corrected chi connectivity index (χ1v) is 5.64. The average molecular weight is 221 g/mol. The van der Waals surface area contributed by atoms with Crippen LogP contribution in [0.4, 0.5) is 5.69 Å². The van der Waals surface area contributed by atoms with E-state index in [1.165, 1.54) is 5.56 Å². The van der Waals surface area contributed by atoms with Gasteiger partial charge in [-0.2, -0.15) is 4.86 Å². The van der Waals surface area contributed by atoms with Gasteiger partial charge in [0, 0.05) is 0 Å². The van der Waals surface area contributed by atoms with Crippen LogP contribution >= 0.6 is 0 Å². The predicted molar refractivity (Wildman–Crippen MR) is 65.4 cm³/mol. The van der Waals surface area contributed by atoms with Crippen LogP contribution in [-0.2, 0) is 0 Å². The van der Waals surface area contributed by atoms with Crippen LogP contribution in [0.3, 0.4) is 0 Å². The van der Waals surface area contributed by atoms with Gasteiger partial charge < -0.3 is 5.21 Å². The summed E-state index contributed by atoms with van der Waals surface area (Å²) in [7, 11) is 0. The normalized spacial score (nSPS) is 11.9. The zero-order valence-corrected chi connectivity index (χ0v) is 10.1. The van der Waals surface area contributed by atoms with Gasteiger partial charge in [-0.1, -0.05) is 32.9 Å². The summed E-state index contributed by atoms with van der Waals surface area (Å²) in [5, 5.41) is 14.8. The number of hydrogen-bond donors (Lipinski definition) is 1. The molecule has 0 heterocycles. The fourth-order valence-electron chi connectivity index (χ4n) is 1.30. The molecule has 16 heavy (non-hydrogen) atoms. The Labute approximate surface area is 96.5 Å². The van der Waals surface area contributed by atoms with E-state index in [1.54, 1.807) is 0 Å². The lowest BCUT2D eigenvalue weighted by Gasteiger charge is -2.05. The van der Waals surface area contributed by atoms with Crippen molar-refractivity contribution in [3.05, 3.63) is 35.0 Å². The second-order valence-electron chi connectivity index (χ2n) is 4.06. The van der Waals surface area contributed by atoms with Crippen molar-refractivity contribution in [3.63, 3.8) is 0 Å². The smallest absolute Gasteiger partial charge is 0.146 e. The first-order chi connectivity index (χ1) is 7.63. The number of benzene rings is 1. The quantitative estimate of drug-likeness (QED) is 0.470. The molecule has 1 aromatic rings. The molecule has 0 aliphatic carbocycles. The van der Waals surface area contributed by atoms with Crippen molar-refractivity contribution >= 4 is 5.69 Å². The van der Waals surface area contributed by atoms with Gasteiger partial charge >= 0.3 is 0 Å². The Hall–Kier alpha value is -1.58. The maximum absolute atomic E-state index is 11.1. The third-order valence-electron chi connectivity index (χ3n) is 2.28. The van der Waals surface area contributed by atoms with Gasteiger partial charge in [-0.05, 0) is 30.0 Å². The molecule has 0 unspecified atom stereocenters. The Balaban J connectivity index is 2.59. The summed E-state index contributed by atoms with van der Waals surface area (Å²) in [4.78, 5) is 0.663. The van der Waals surface area contributed by atoms with Crippen LogP contribution in [0.25, 0.3) is 0 Å². The van der Waals surface area contributed by atoms with E-state index in [0.29, 0.717) is 17.3 Å². The van der Waals surface area contributed by atoms with Gasteiger partial charge in [-0.25, -0.2) is 0 Å². The van der Waals surface area contributed by atoms with Gasteiger partial charge in [0.15, 0.2) is 0 Å². The Bertz CT molecular complexity index is 344. The monoisotopic (exact) mass is 221 g/mol. The molecule has 1 N–H and O–H groups in total. The molecule has 1 rings (SSSR count). The molecule has 88 valence electrons. The molecule has 4 heteroatoms. The van der Waals surface area contributed by atoms with Crippen molar-refractivity contribution in [2.24, 2.45) is 5.22 Å². The van der Waals surface area contributed by atoms with E-state index in [2.05, 4.69) is 24.5 Å². The van der Waals surface area contributed by atoms with Crippen LogP contribution < -0.4 is 5.43 Å². The summed E-state index contributed by atoms with van der Waals surface area (Å²) in [6, 6.07) is 7.94. The van der Waals surface area contributed by atoms with E-state index in [1.807, 2.05) is 31.2 Å². The van der Waals surface area contributed by atoms with Crippen LogP contribution in [0.15, 0.2) is 29.5 Å². The number of anilines is 1. The van der Waals surface area contributed by atoms with Crippen molar-refractivity contribution in [3.8, 4) is 0 Å². The van der Waals surface area contributed by atoms with E-state index < -0.39 is 0 Å². The van der Waals surface area contributed by atoms with Crippen LogP contribution in [0.1, 0.15) is 38.7 Å². The molecule has 0 aromatic heterocycles. The molecule has 4 nitrogen and oxygen atoms in total. The van der Waals surface area contributed by atoms with Crippen LogP contribution in [0.5, 0.6) is 0 Å². The Morgan fingerprint density at radius 1 is 1.31 bits per heavy atom. The van der Waals surface area contributed by atoms with Gasteiger partial charge in [0.2, 0.25) is 0 Å². The van der Waals surface area contributed by atoms with Crippen molar-refractivity contribution in [2.45, 2.75) is 33.1 Å². The SMILES string of the molecule is CCC/[N+]([O-])=N/Nc1ccc(C(C)C)cc1. The third-order valence-corrected chi connectivity index (χ3v) is 2.28. The third kappa shape index (κ3) is 3.88. The van der Waals surface area contributed by atoms with Gasteiger partial charge in [0.25, 0.3) is 0 Å². The number of hydroxylamine groups is 1. The summed E-state index contributed by atoms with van der Waals surface area (Å²) in [6.45, 7) is 6.65. The maximum atomic E-state index is 11.1. The fraction of sp³-hybridized carbons (Fsp3) is 0.500. The number of nitrogens with zero attached hydrogens (tertiary/aromatic N) is 2. The van der Waals surface area contributed by atoms with E-state index in [-0.39, 0.29) is 0 Å². The lowest BCUT2D eigenvalue weighted by molar-refractivity contribution is -0.528. The summed E-state index contributed by atoms with van der Waals surface area (Å²) in [6.07, 6.45) is 0.793. The second-order valence-corrected chi connectivity index (χ2v) is 4.06. The lowest BCUT2D eigenvalue weighted by atomic mass is 10.0. The summed E-state index contributed by atoms with van der Waals surface area (Å²) in [5.74, 6) is 0.516. The number of rotatable bonds is 5. The molecule has 0 amide bonds. The molecule has 1 aromatic carbocycles. The fourth-order valence-corrected chi connectivity index (χ4v) is 1.30. The zero-order chi connectivity index (χ0) is 12.0. The van der Waals surface area contributed by atoms with Crippen molar-refractivity contribution in [1.82, 2.24) is 0 Å². The average Bonchev–Trinajstić information content (AvgIpc) is 2.27. The molecule has 0 radical (unpaired) electrons.